The van der Waals surface area contributed by atoms with E-state index in [1.807, 2.05) is 0 Å². The molecule has 0 radical (unpaired) electrons. The molecule has 6 nitrogen and oxygen atoms in total. The predicted octanol–water partition coefficient (Wildman–Crippen LogP) is 2.51. The van der Waals surface area contributed by atoms with Crippen LogP contribution in [0.15, 0.2) is 78.0 Å². The van der Waals surface area contributed by atoms with Gasteiger partial charge < -0.3 is 0 Å². The molecule has 2 aromatic carbocycles. The van der Waals surface area contributed by atoms with Crippen molar-refractivity contribution in [2.75, 3.05) is 4.72 Å². The Labute approximate surface area is 139 Å². The quantitative estimate of drug-likeness (QED) is 0.722. The number of carbonyl (C=O) groups excluding carboxylic acids is 1. The molecule has 0 saturated carbocycles. The van der Waals surface area contributed by atoms with E-state index in [0.29, 0.717) is 5.56 Å². The molecule has 0 amide bonds. The van der Waals surface area contributed by atoms with E-state index in [1.54, 1.807) is 42.5 Å². The van der Waals surface area contributed by atoms with E-state index >= 15 is 0 Å². The molecule has 0 aliphatic heterocycles. The summed E-state index contributed by atoms with van der Waals surface area (Å²) in [5.41, 5.74) is 0.782. The topological polar surface area (TPSA) is 89.0 Å². The summed E-state index contributed by atoms with van der Waals surface area (Å²) in [6.45, 7) is 0. The summed E-state index contributed by atoms with van der Waals surface area (Å²) in [5, 5.41) is 7.30. The SMILES string of the molecule is O=C(c1ccnnc1)c1ccccc1NS(=O)(=O)c1ccccc1. The van der Waals surface area contributed by atoms with Gasteiger partial charge >= 0.3 is 0 Å². The third kappa shape index (κ3) is 3.31. The zero-order valence-electron chi connectivity index (χ0n) is 12.5. The average molecular weight is 339 g/mol. The van der Waals surface area contributed by atoms with Crippen molar-refractivity contribution >= 4 is 21.5 Å². The maximum Gasteiger partial charge on any atom is 0.261 e. The normalized spacial score (nSPS) is 11.0. The van der Waals surface area contributed by atoms with Crippen LogP contribution in [-0.2, 0) is 10.0 Å². The van der Waals surface area contributed by atoms with Gasteiger partial charge in [-0.15, -0.1) is 0 Å². The van der Waals surface area contributed by atoms with Crippen LogP contribution >= 0.6 is 0 Å². The van der Waals surface area contributed by atoms with Crippen LogP contribution in [0.5, 0.6) is 0 Å². The Kier molecular flexibility index (Phi) is 4.35. The summed E-state index contributed by atoms with van der Waals surface area (Å²) in [6, 6.07) is 15.9. The third-order valence-corrected chi connectivity index (χ3v) is 4.70. The average Bonchev–Trinajstić information content (AvgIpc) is 2.63. The Morgan fingerprint density at radius 1 is 0.875 bits per heavy atom. The number of para-hydroxylation sites is 1. The number of nitrogens with zero attached hydrogens (tertiary/aromatic N) is 2. The molecule has 1 N–H and O–H groups in total. The van der Waals surface area contributed by atoms with Crippen LogP contribution in [0.4, 0.5) is 5.69 Å². The fourth-order valence-corrected chi connectivity index (χ4v) is 3.25. The highest BCUT2D eigenvalue weighted by Crippen LogP contribution is 2.22. The smallest absolute Gasteiger partial charge is 0.261 e. The van der Waals surface area contributed by atoms with Crippen molar-refractivity contribution in [3.8, 4) is 0 Å². The van der Waals surface area contributed by atoms with Gasteiger partial charge in [-0.25, -0.2) is 8.42 Å². The highest BCUT2D eigenvalue weighted by Gasteiger charge is 2.19. The van der Waals surface area contributed by atoms with Gasteiger partial charge in [0.15, 0.2) is 5.78 Å². The van der Waals surface area contributed by atoms with Gasteiger partial charge in [0.05, 0.1) is 23.0 Å². The number of aromatic nitrogens is 2. The first kappa shape index (κ1) is 15.8. The molecule has 0 fully saturated rings. The van der Waals surface area contributed by atoms with Crippen LogP contribution in [0, 0.1) is 0 Å². The molecule has 1 aromatic heterocycles. The predicted molar refractivity (Wildman–Crippen MR) is 89.2 cm³/mol. The zero-order valence-corrected chi connectivity index (χ0v) is 13.3. The van der Waals surface area contributed by atoms with Crippen LogP contribution in [0.2, 0.25) is 0 Å². The van der Waals surface area contributed by atoms with Gasteiger partial charge in [0.2, 0.25) is 0 Å². The number of carbonyl (C=O) groups is 1. The number of ketones is 1. The van der Waals surface area contributed by atoms with Crippen molar-refractivity contribution in [3.63, 3.8) is 0 Å². The van der Waals surface area contributed by atoms with E-state index in [2.05, 4.69) is 14.9 Å². The Balaban J connectivity index is 1.97. The minimum atomic E-state index is -3.78. The van der Waals surface area contributed by atoms with Gasteiger partial charge in [0, 0.05) is 11.1 Å². The van der Waals surface area contributed by atoms with Gasteiger partial charge in [-0.1, -0.05) is 30.3 Å². The lowest BCUT2D eigenvalue weighted by molar-refractivity contribution is 0.103. The van der Waals surface area contributed by atoms with Crippen LogP contribution in [-0.4, -0.2) is 24.4 Å². The molecule has 24 heavy (non-hydrogen) atoms. The van der Waals surface area contributed by atoms with Gasteiger partial charge in [-0.3, -0.25) is 9.52 Å². The second-order valence-electron chi connectivity index (χ2n) is 4.92. The number of rotatable bonds is 5. The molecule has 7 heteroatoms. The third-order valence-electron chi connectivity index (χ3n) is 3.32. The van der Waals surface area contributed by atoms with Crippen LogP contribution in [0.1, 0.15) is 15.9 Å². The standard InChI is InChI=1S/C17H13N3O3S/c21-17(13-10-11-18-19-12-13)15-8-4-5-9-16(15)20-24(22,23)14-6-2-1-3-7-14/h1-12,20H. The van der Waals surface area contributed by atoms with E-state index in [-0.39, 0.29) is 21.9 Å². The summed E-state index contributed by atoms with van der Waals surface area (Å²) >= 11 is 0. The van der Waals surface area contributed by atoms with Crippen molar-refractivity contribution in [2.24, 2.45) is 0 Å². The van der Waals surface area contributed by atoms with E-state index in [0.717, 1.165) is 0 Å². The Morgan fingerprint density at radius 2 is 1.58 bits per heavy atom. The highest BCUT2D eigenvalue weighted by atomic mass is 32.2. The van der Waals surface area contributed by atoms with Gasteiger partial charge in [-0.2, -0.15) is 10.2 Å². The number of sulfonamides is 1. The van der Waals surface area contributed by atoms with Gasteiger partial charge in [0.1, 0.15) is 0 Å². The maximum atomic E-state index is 12.6. The molecule has 3 rings (SSSR count). The monoisotopic (exact) mass is 339 g/mol. The van der Waals surface area contributed by atoms with E-state index in [1.165, 1.54) is 30.6 Å². The molecule has 0 aliphatic carbocycles. The van der Waals surface area contributed by atoms with Crippen molar-refractivity contribution in [3.05, 3.63) is 84.2 Å². The van der Waals surface area contributed by atoms with E-state index < -0.39 is 10.0 Å². The molecule has 0 saturated heterocycles. The fourth-order valence-electron chi connectivity index (χ4n) is 2.15. The summed E-state index contributed by atoms with van der Waals surface area (Å²) in [7, 11) is -3.78. The molecular weight excluding hydrogens is 326 g/mol. The van der Waals surface area contributed by atoms with Crippen molar-refractivity contribution < 1.29 is 13.2 Å². The zero-order chi connectivity index (χ0) is 17.0. The summed E-state index contributed by atoms with van der Waals surface area (Å²) in [5.74, 6) is -0.337. The molecule has 0 spiro atoms. The van der Waals surface area contributed by atoms with Gasteiger partial charge in [0.25, 0.3) is 10.0 Å². The molecule has 0 unspecified atom stereocenters. The molecule has 0 aliphatic rings. The van der Waals surface area contributed by atoms with E-state index in [4.69, 9.17) is 0 Å². The van der Waals surface area contributed by atoms with Crippen molar-refractivity contribution in [1.29, 1.82) is 0 Å². The van der Waals surface area contributed by atoms with Crippen LogP contribution in [0.25, 0.3) is 0 Å². The lowest BCUT2D eigenvalue weighted by Gasteiger charge is -2.12. The number of nitrogens with one attached hydrogen (secondary N) is 1. The highest BCUT2D eigenvalue weighted by molar-refractivity contribution is 7.92. The van der Waals surface area contributed by atoms with E-state index in [9.17, 15) is 13.2 Å². The first-order chi connectivity index (χ1) is 11.6. The first-order valence-corrected chi connectivity index (χ1v) is 8.54. The molecule has 3 aromatic rings. The Morgan fingerprint density at radius 3 is 2.29 bits per heavy atom. The molecule has 0 bridgehead atoms. The van der Waals surface area contributed by atoms with Gasteiger partial charge in [-0.05, 0) is 30.3 Å². The molecule has 120 valence electrons. The second kappa shape index (κ2) is 6.59. The van der Waals surface area contributed by atoms with Crippen LogP contribution < -0.4 is 4.72 Å². The number of anilines is 1. The lowest BCUT2D eigenvalue weighted by atomic mass is 10.0. The summed E-state index contributed by atoms with van der Waals surface area (Å²) in [6.07, 6.45) is 2.74. The van der Waals surface area contributed by atoms with Crippen molar-refractivity contribution in [1.82, 2.24) is 10.2 Å². The summed E-state index contributed by atoms with van der Waals surface area (Å²) in [4.78, 5) is 12.7. The fraction of sp³-hybridized carbons (Fsp3) is 0. The first-order valence-electron chi connectivity index (χ1n) is 7.06. The minimum Gasteiger partial charge on any atom is -0.288 e. The minimum absolute atomic E-state index is 0.123. The molecular formula is C17H13N3O3S. The number of benzene rings is 2. The van der Waals surface area contributed by atoms with Crippen LogP contribution in [0.3, 0.4) is 0 Å². The Bertz CT molecular complexity index is 959. The second-order valence-corrected chi connectivity index (χ2v) is 6.61. The largest absolute Gasteiger partial charge is 0.288 e. The molecule has 0 atom stereocenters. The number of hydrogen-bond acceptors (Lipinski definition) is 5. The summed E-state index contributed by atoms with van der Waals surface area (Å²) < 4.78 is 27.4. The Hall–Kier alpha value is -3.06. The van der Waals surface area contributed by atoms with Crippen molar-refractivity contribution in [2.45, 2.75) is 4.90 Å². The lowest BCUT2D eigenvalue weighted by Crippen LogP contribution is -2.16. The number of hydrogen-bond donors (Lipinski definition) is 1. The molecule has 1 heterocycles. The maximum absolute atomic E-state index is 12.6.